The molecule has 1 fully saturated rings. The fourth-order valence-corrected chi connectivity index (χ4v) is 3.82. The van der Waals surface area contributed by atoms with Crippen LogP contribution in [-0.4, -0.2) is 53.4 Å². The number of halogens is 2. The topological polar surface area (TPSA) is 149 Å². The number of hydrogen-bond donors (Lipinski definition) is 3. The number of carbonyl (C=O) groups excluding carboxylic acids is 1. The van der Waals surface area contributed by atoms with Crippen LogP contribution in [0.3, 0.4) is 0 Å². The minimum Gasteiger partial charge on any atom is -0.382 e. The molecule has 0 saturated heterocycles. The normalized spacial score (nSPS) is 17.4. The molecule has 218 valence electrons. The van der Waals surface area contributed by atoms with Crippen LogP contribution in [0.5, 0.6) is 0 Å². The third kappa shape index (κ3) is 11.4. The number of aldehydes is 1. The van der Waals surface area contributed by atoms with E-state index in [1.54, 1.807) is 17.8 Å². The Hall–Kier alpha value is -3.54. The first-order chi connectivity index (χ1) is 18.4. The summed E-state index contributed by atoms with van der Waals surface area (Å²) in [5.74, 6) is 1.23. The van der Waals surface area contributed by atoms with Gasteiger partial charge in [-0.05, 0) is 58.0 Å². The molecular weight excluding hydrogens is 504 g/mol. The van der Waals surface area contributed by atoms with Crippen LogP contribution in [-0.2, 0) is 4.79 Å². The summed E-state index contributed by atoms with van der Waals surface area (Å²) in [5, 5.41) is 14.6. The van der Waals surface area contributed by atoms with E-state index in [2.05, 4.69) is 37.5 Å². The van der Waals surface area contributed by atoms with Crippen LogP contribution in [0.1, 0.15) is 59.6 Å². The number of nitrogen functional groups attached to an aromatic ring is 2. The van der Waals surface area contributed by atoms with Crippen molar-refractivity contribution >= 4 is 29.3 Å². The smallest absolute Gasteiger partial charge is 0.240 e. The highest BCUT2D eigenvalue weighted by Crippen LogP contribution is 2.42. The number of pyridine rings is 1. The van der Waals surface area contributed by atoms with E-state index in [4.69, 9.17) is 11.5 Å². The van der Waals surface area contributed by atoms with Crippen molar-refractivity contribution in [1.29, 1.82) is 0 Å². The van der Waals surface area contributed by atoms with E-state index in [0.29, 0.717) is 11.3 Å². The van der Waals surface area contributed by atoms with E-state index < -0.39 is 6.43 Å². The van der Waals surface area contributed by atoms with Gasteiger partial charge in [-0.1, -0.05) is 34.6 Å². The Kier molecular flexibility index (Phi) is 16.3. The van der Waals surface area contributed by atoms with Gasteiger partial charge in [0.1, 0.15) is 17.5 Å². The molecule has 0 aliphatic heterocycles. The number of nitrogens with one attached hydrogen (secondary N) is 1. The number of alkyl halides is 2. The molecule has 3 aromatic rings. The first-order valence-corrected chi connectivity index (χ1v) is 13.0. The molecule has 12 heteroatoms. The Morgan fingerprint density at radius 1 is 1.21 bits per heavy atom. The van der Waals surface area contributed by atoms with E-state index in [1.165, 1.54) is 6.92 Å². The number of aromatic nitrogens is 4. The molecule has 1 aliphatic rings. The van der Waals surface area contributed by atoms with Crippen LogP contribution in [0.25, 0.3) is 16.8 Å². The van der Waals surface area contributed by atoms with Gasteiger partial charge in [0.25, 0.3) is 0 Å². The van der Waals surface area contributed by atoms with Crippen LogP contribution in [0.4, 0.5) is 26.2 Å². The Morgan fingerprint density at radius 3 is 2.18 bits per heavy atom. The molecule has 1 saturated carbocycles. The van der Waals surface area contributed by atoms with Gasteiger partial charge in [0.2, 0.25) is 12.4 Å². The SMILES string of the molecule is CC.CC1CC(C)(C=O)C1.CCC(F)F.CN=Nc1ccc(-c2ccn3nc(N)nc(N)c23)nc1C.CNC. The number of azo groups is 1. The summed E-state index contributed by atoms with van der Waals surface area (Å²) in [6.07, 6.45) is 2.91. The molecule has 0 bridgehead atoms. The lowest BCUT2D eigenvalue weighted by atomic mass is 9.65. The summed E-state index contributed by atoms with van der Waals surface area (Å²) in [4.78, 5) is 18.8. The first kappa shape index (κ1) is 35.5. The molecule has 0 unspecified atom stereocenters. The monoisotopic (exact) mass is 549 g/mol. The van der Waals surface area contributed by atoms with Crippen molar-refractivity contribution in [2.24, 2.45) is 21.6 Å². The van der Waals surface area contributed by atoms with E-state index in [1.807, 2.05) is 60.0 Å². The number of hydrogen-bond acceptors (Lipinski definition) is 9. The Balaban J connectivity index is 0.000000660. The standard InChI is InChI=1S/C13H14N8.C7H12O.C3H6F2.C2H7N.C2H6/c1-7-9(19-16-2)3-4-10(17-7)8-5-6-21-11(8)12(14)18-13(15)20-21;1-6-3-7(2,4-6)5-8;1-2-3(4)5;1-3-2;1-2/h3-6H,1-2H3,(H4,14,15,18,20);5-6H,3-4H2,1-2H3;3H,2H2,1H3;3H,1-2H3;1-2H3. The van der Waals surface area contributed by atoms with E-state index in [9.17, 15) is 13.6 Å². The Bertz CT molecular complexity index is 1160. The molecule has 3 heterocycles. The summed E-state index contributed by atoms with van der Waals surface area (Å²) < 4.78 is 23.1. The van der Waals surface area contributed by atoms with Crippen molar-refractivity contribution in [3.63, 3.8) is 0 Å². The molecule has 4 rings (SSSR count). The molecule has 0 radical (unpaired) electrons. The number of fused-ring (bicyclic) bond motifs is 1. The minimum atomic E-state index is -2.12. The second-order valence-electron chi connectivity index (χ2n) is 9.06. The van der Waals surface area contributed by atoms with E-state index in [-0.39, 0.29) is 17.8 Å². The molecule has 0 amide bonds. The molecule has 3 aromatic heterocycles. The zero-order valence-electron chi connectivity index (χ0n) is 24.7. The second-order valence-corrected chi connectivity index (χ2v) is 9.06. The van der Waals surface area contributed by atoms with Gasteiger partial charge in [-0.3, -0.25) is 4.98 Å². The number of nitrogens with two attached hydrogens (primary N) is 2. The van der Waals surface area contributed by atoms with Crippen molar-refractivity contribution < 1.29 is 13.6 Å². The summed E-state index contributed by atoms with van der Waals surface area (Å²) in [6.45, 7) is 11.5. The molecule has 10 nitrogen and oxygen atoms in total. The zero-order valence-corrected chi connectivity index (χ0v) is 24.7. The lowest BCUT2D eigenvalue weighted by Crippen LogP contribution is -2.33. The van der Waals surface area contributed by atoms with Gasteiger partial charge in [-0.2, -0.15) is 15.2 Å². The fraction of sp³-hybridized carbons (Fsp3) is 0.556. The highest BCUT2D eigenvalue weighted by Gasteiger charge is 2.36. The van der Waals surface area contributed by atoms with Crippen LogP contribution < -0.4 is 16.8 Å². The predicted molar refractivity (Wildman–Crippen MR) is 155 cm³/mol. The van der Waals surface area contributed by atoms with Gasteiger partial charge in [-0.25, -0.2) is 13.3 Å². The number of anilines is 2. The third-order valence-corrected chi connectivity index (χ3v) is 5.32. The van der Waals surface area contributed by atoms with Gasteiger partial charge in [-0.15, -0.1) is 5.10 Å². The predicted octanol–water partition coefficient (Wildman–Crippen LogP) is 6.12. The molecule has 0 atom stereocenters. The van der Waals surface area contributed by atoms with Gasteiger partial charge < -0.3 is 21.6 Å². The highest BCUT2D eigenvalue weighted by molar-refractivity contribution is 5.86. The first-order valence-electron chi connectivity index (χ1n) is 13.0. The van der Waals surface area contributed by atoms with Crippen molar-refractivity contribution in [3.05, 3.63) is 30.1 Å². The Labute approximate surface area is 230 Å². The summed E-state index contributed by atoms with van der Waals surface area (Å²) in [5.41, 5.74) is 15.4. The number of nitrogens with zero attached hydrogens (tertiary/aromatic N) is 6. The fourth-order valence-electron chi connectivity index (χ4n) is 3.82. The number of carbonyl (C=O) groups is 1. The highest BCUT2D eigenvalue weighted by atomic mass is 19.3. The van der Waals surface area contributed by atoms with E-state index in [0.717, 1.165) is 47.7 Å². The zero-order chi connectivity index (χ0) is 30.2. The van der Waals surface area contributed by atoms with Crippen molar-refractivity contribution in [1.82, 2.24) is 24.9 Å². The number of rotatable bonds is 4. The lowest BCUT2D eigenvalue weighted by Gasteiger charge is -2.38. The van der Waals surface area contributed by atoms with Crippen LogP contribution in [0.15, 0.2) is 34.6 Å². The number of aryl methyl sites for hydroxylation is 1. The molecule has 0 spiro atoms. The summed E-state index contributed by atoms with van der Waals surface area (Å²) >= 11 is 0. The summed E-state index contributed by atoms with van der Waals surface area (Å²) in [7, 11) is 5.37. The van der Waals surface area contributed by atoms with Crippen molar-refractivity contribution in [3.8, 4) is 11.3 Å². The van der Waals surface area contributed by atoms with E-state index >= 15 is 0 Å². The largest absolute Gasteiger partial charge is 0.382 e. The maximum absolute atomic E-state index is 10.8. The quantitative estimate of drug-likeness (QED) is 0.262. The average molecular weight is 550 g/mol. The Morgan fingerprint density at radius 2 is 1.77 bits per heavy atom. The van der Waals surface area contributed by atoms with Gasteiger partial charge in [0.05, 0.1) is 11.4 Å². The molecule has 0 aromatic carbocycles. The third-order valence-electron chi connectivity index (χ3n) is 5.32. The minimum absolute atomic E-state index is 0.0278. The van der Waals surface area contributed by atoms with Gasteiger partial charge in [0, 0.05) is 30.6 Å². The molecule has 5 N–H and O–H groups in total. The van der Waals surface area contributed by atoms with Crippen LogP contribution >= 0.6 is 0 Å². The van der Waals surface area contributed by atoms with Crippen molar-refractivity contribution in [2.45, 2.75) is 67.2 Å². The molecular formula is C27H45F2N9O. The maximum atomic E-state index is 10.8. The van der Waals surface area contributed by atoms with Crippen LogP contribution in [0, 0.1) is 18.3 Å². The average Bonchev–Trinajstić information content (AvgIpc) is 3.31. The van der Waals surface area contributed by atoms with Crippen molar-refractivity contribution in [2.75, 3.05) is 32.6 Å². The van der Waals surface area contributed by atoms with Gasteiger partial charge >= 0.3 is 0 Å². The van der Waals surface area contributed by atoms with Gasteiger partial charge in [0.15, 0.2) is 5.82 Å². The van der Waals surface area contributed by atoms with Crippen LogP contribution in [0.2, 0.25) is 0 Å². The maximum Gasteiger partial charge on any atom is 0.240 e. The lowest BCUT2D eigenvalue weighted by molar-refractivity contribution is -0.121. The molecule has 1 aliphatic carbocycles. The summed E-state index contributed by atoms with van der Waals surface area (Å²) in [6, 6.07) is 5.60. The second kappa shape index (κ2) is 17.9. The molecule has 39 heavy (non-hydrogen) atoms.